The molecule has 0 aromatic rings. The third-order valence-corrected chi connectivity index (χ3v) is 1.34. The molecule has 5 heteroatoms. The van der Waals surface area contributed by atoms with Crippen molar-refractivity contribution in [3.05, 3.63) is 12.7 Å². The minimum Gasteiger partial charge on any atom is -0.385 e. The van der Waals surface area contributed by atoms with Gasteiger partial charge in [0.05, 0.1) is 0 Å². The molecule has 0 aliphatic carbocycles. The number of carbonyl (C=O) groups excluding carboxylic acids is 3. The topological polar surface area (TPSA) is 83.5 Å². The number of hydrogen-bond donors (Lipinski definition) is 2. The number of Topliss-reactive ketones (excluding diaryl/α,β-unsaturated/α-hetero) is 1. The zero-order valence-electron chi connectivity index (χ0n) is 7.24. The molecule has 0 aliphatic heterocycles. The summed E-state index contributed by atoms with van der Waals surface area (Å²) in [7, 11) is 0. The molecule has 0 aromatic heterocycles. The standard InChI is InChI=1S/C8H11NO4/c1-3-5(10)7(12)8(13)9-6(11)4-2/h4-5,10H,2-3H2,1H3,(H,9,11,13). The van der Waals surface area contributed by atoms with E-state index in [1.54, 1.807) is 12.2 Å². The fourth-order valence-corrected chi connectivity index (χ4v) is 0.561. The third kappa shape index (κ3) is 3.62. The van der Waals surface area contributed by atoms with Gasteiger partial charge >= 0.3 is 0 Å². The number of aliphatic hydroxyl groups is 1. The predicted molar refractivity (Wildman–Crippen MR) is 44.7 cm³/mol. The number of hydrogen-bond acceptors (Lipinski definition) is 4. The number of amides is 2. The summed E-state index contributed by atoms with van der Waals surface area (Å²) in [6, 6.07) is 0. The fourth-order valence-electron chi connectivity index (χ4n) is 0.561. The van der Waals surface area contributed by atoms with Crippen LogP contribution in [0, 0.1) is 0 Å². The maximum Gasteiger partial charge on any atom is 0.296 e. The summed E-state index contributed by atoms with van der Waals surface area (Å²) < 4.78 is 0. The Hall–Kier alpha value is -1.49. The first kappa shape index (κ1) is 11.5. The molecule has 0 aromatic carbocycles. The second-order valence-electron chi connectivity index (χ2n) is 2.31. The molecule has 0 saturated heterocycles. The number of imide groups is 1. The van der Waals surface area contributed by atoms with Gasteiger partial charge in [-0.1, -0.05) is 13.5 Å². The maximum absolute atomic E-state index is 10.9. The first-order valence-corrected chi connectivity index (χ1v) is 3.72. The number of nitrogens with one attached hydrogen (secondary N) is 1. The fraction of sp³-hybridized carbons (Fsp3) is 0.375. The number of ketones is 1. The smallest absolute Gasteiger partial charge is 0.296 e. The minimum absolute atomic E-state index is 0.133. The van der Waals surface area contributed by atoms with Gasteiger partial charge in [0.15, 0.2) is 0 Å². The maximum atomic E-state index is 10.9. The number of rotatable bonds is 4. The number of aliphatic hydroxyl groups excluding tert-OH is 1. The van der Waals surface area contributed by atoms with Crippen LogP contribution in [0.4, 0.5) is 0 Å². The van der Waals surface area contributed by atoms with Crippen molar-refractivity contribution in [2.24, 2.45) is 0 Å². The largest absolute Gasteiger partial charge is 0.385 e. The summed E-state index contributed by atoms with van der Waals surface area (Å²) in [6.07, 6.45) is -0.351. The molecule has 1 unspecified atom stereocenters. The van der Waals surface area contributed by atoms with E-state index in [1.807, 2.05) is 0 Å². The lowest BCUT2D eigenvalue weighted by molar-refractivity contribution is -0.144. The van der Waals surface area contributed by atoms with Crippen molar-refractivity contribution in [3.8, 4) is 0 Å². The molecule has 0 bridgehead atoms. The van der Waals surface area contributed by atoms with E-state index >= 15 is 0 Å². The SMILES string of the molecule is C=CC(=O)NC(=O)C(=O)C(O)CC. The van der Waals surface area contributed by atoms with Crippen LogP contribution in [-0.2, 0) is 14.4 Å². The summed E-state index contributed by atoms with van der Waals surface area (Å²) in [5, 5.41) is 10.7. The third-order valence-electron chi connectivity index (χ3n) is 1.34. The predicted octanol–water partition coefficient (Wildman–Crippen LogP) is -0.845. The van der Waals surface area contributed by atoms with Crippen LogP contribution in [-0.4, -0.2) is 28.8 Å². The van der Waals surface area contributed by atoms with E-state index < -0.39 is 23.7 Å². The van der Waals surface area contributed by atoms with Crippen LogP contribution in [0.15, 0.2) is 12.7 Å². The van der Waals surface area contributed by atoms with Gasteiger partial charge in [0, 0.05) is 0 Å². The molecule has 13 heavy (non-hydrogen) atoms. The lowest BCUT2D eigenvalue weighted by atomic mass is 10.2. The summed E-state index contributed by atoms with van der Waals surface area (Å²) in [5.74, 6) is -2.89. The number of carbonyl (C=O) groups is 3. The van der Waals surface area contributed by atoms with Crippen LogP contribution in [0.3, 0.4) is 0 Å². The Morgan fingerprint density at radius 2 is 2.08 bits per heavy atom. The second-order valence-corrected chi connectivity index (χ2v) is 2.31. The Labute approximate surface area is 75.4 Å². The molecule has 0 spiro atoms. The highest BCUT2D eigenvalue weighted by molar-refractivity contribution is 6.40. The molecule has 2 N–H and O–H groups in total. The average Bonchev–Trinajstić information content (AvgIpc) is 2.14. The van der Waals surface area contributed by atoms with Crippen LogP contribution in [0.1, 0.15) is 13.3 Å². The highest BCUT2D eigenvalue weighted by atomic mass is 16.3. The van der Waals surface area contributed by atoms with Gasteiger partial charge in [0.1, 0.15) is 6.10 Å². The molecule has 1 atom stereocenters. The molecular formula is C8H11NO4. The Morgan fingerprint density at radius 1 is 1.54 bits per heavy atom. The van der Waals surface area contributed by atoms with E-state index in [2.05, 4.69) is 6.58 Å². The van der Waals surface area contributed by atoms with Crippen LogP contribution in [0.2, 0.25) is 0 Å². The molecule has 2 amide bonds. The van der Waals surface area contributed by atoms with E-state index in [0.717, 1.165) is 6.08 Å². The first-order valence-electron chi connectivity index (χ1n) is 3.72. The Balaban J connectivity index is 4.19. The van der Waals surface area contributed by atoms with Gasteiger partial charge in [-0.15, -0.1) is 0 Å². The van der Waals surface area contributed by atoms with Crippen LogP contribution < -0.4 is 5.32 Å². The van der Waals surface area contributed by atoms with Crippen molar-refractivity contribution in [1.29, 1.82) is 0 Å². The summed E-state index contributed by atoms with van der Waals surface area (Å²) >= 11 is 0. The summed E-state index contributed by atoms with van der Waals surface area (Å²) in [4.78, 5) is 32.3. The molecule has 0 heterocycles. The van der Waals surface area contributed by atoms with Crippen molar-refractivity contribution in [1.82, 2.24) is 5.32 Å². The zero-order valence-corrected chi connectivity index (χ0v) is 7.24. The van der Waals surface area contributed by atoms with Gasteiger partial charge < -0.3 is 5.11 Å². The average molecular weight is 185 g/mol. The highest BCUT2D eigenvalue weighted by Gasteiger charge is 2.22. The van der Waals surface area contributed by atoms with Crippen molar-refractivity contribution in [2.75, 3.05) is 0 Å². The molecule has 0 rings (SSSR count). The van der Waals surface area contributed by atoms with Crippen molar-refractivity contribution in [2.45, 2.75) is 19.4 Å². The van der Waals surface area contributed by atoms with Gasteiger partial charge in [0.2, 0.25) is 11.7 Å². The van der Waals surface area contributed by atoms with Crippen LogP contribution >= 0.6 is 0 Å². The second kappa shape index (κ2) is 5.21. The van der Waals surface area contributed by atoms with Crippen molar-refractivity contribution >= 4 is 17.6 Å². The molecule has 0 saturated carbocycles. The molecule has 0 aliphatic rings. The quantitative estimate of drug-likeness (QED) is 0.441. The first-order chi connectivity index (χ1) is 6.02. The normalized spacial score (nSPS) is 11.5. The molecule has 0 fully saturated rings. The molecule has 0 radical (unpaired) electrons. The van der Waals surface area contributed by atoms with Gasteiger partial charge in [0.25, 0.3) is 5.91 Å². The Bertz CT molecular complexity index is 247. The van der Waals surface area contributed by atoms with Crippen LogP contribution in [0.25, 0.3) is 0 Å². The van der Waals surface area contributed by atoms with Gasteiger partial charge in [-0.2, -0.15) is 0 Å². The van der Waals surface area contributed by atoms with Crippen LogP contribution in [0.5, 0.6) is 0 Å². The van der Waals surface area contributed by atoms with E-state index in [4.69, 9.17) is 5.11 Å². The van der Waals surface area contributed by atoms with Crippen molar-refractivity contribution in [3.63, 3.8) is 0 Å². The lowest BCUT2D eigenvalue weighted by Gasteiger charge is -2.04. The molecule has 5 nitrogen and oxygen atoms in total. The van der Waals surface area contributed by atoms with Gasteiger partial charge in [-0.3, -0.25) is 19.7 Å². The van der Waals surface area contributed by atoms with Gasteiger partial charge in [-0.25, -0.2) is 0 Å². The van der Waals surface area contributed by atoms with E-state index in [-0.39, 0.29) is 6.42 Å². The monoisotopic (exact) mass is 185 g/mol. The Kier molecular flexibility index (Phi) is 4.61. The Morgan fingerprint density at radius 3 is 2.46 bits per heavy atom. The summed E-state index contributed by atoms with van der Waals surface area (Å²) in [5.41, 5.74) is 0. The van der Waals surface area contributed by atoms with Gasteiger partial charge in [-0.05, 0) is 12.5 Å². The highest BCUT2D eigenvalue weighted by Crippen LogP contribution is 1.91. The molecule has 72 valence electrons. The molecular weight excluding hydrogens is 174 g/mol. The van der Waals surface area contributed by atoms with E-state index in [9.17, 15) is 14.4 Å². The lowest BCUT2D eigenvalue weighted by Crippen LogP contribution is -2.40. The van der Waals surface area contributed by atoms with E-state index in [0.29, 0.717) is 0 Å². The summed E-state index contributed by atoms with van der Waals surface area (Å²) in [6.45, 7) is 4.65. The minimum atomic E-state index is -1.35. The van der Waals surface area contributed by atoms with E-state index in [1.165, 1.54) is 0 Å². The zero-order chi connectivity index (χ0) is 10.4. The van der Waals surface area contributed by atoms with Crippen molar-refractivity contribution < 1.29 is 19.5 Å².